The lowest BCUT2D eigenvalue weighted by atomic mass is 10.1. The lowest BCUT2D eigenvalue weighted by Gasteiger charge is -2.26. The van der Waals surface area contributed by atoms with E-state index in [1.54, 1.807) is 13.0 Å². The molecule has 0 atom stereocenters. The zero-order valence-corrected chi connectivity index (χ0v) is 17.4. The van der Waals surface area contributed by atoms with Gasteiger partial charge in [-0.2, -0.15) is 9.30 Å². The number of benzene rings is 2. The van der Waals surface area contributed by atoms with Gasteiger partial charge in [-0.05, 0) is 55.7 Å². The molecule has 0 saturated carbocycles. The highest BCUT2D eigenvalue weighted by Gasteiger charge is 2.28. The fourth-order valence-electron chi connectivity index (χ4n) is 3.15. The lowest BCUT2D eigenvalue weighted by Crippen LogP contribution is -2.36. The Morgan fingerprint density at radius 3 is 2.41 bits per heavy atom. The summed E-state index contributed by atoms with van der Waals surface area (Å²) in [7, 11) is -3.70. The largest absolute Gasteiger partial charge is 0.383 e. The van der Waals surface area contributed by atoms with Crippen LogP contribution in [-0.4, -0.2) is 37.6 Å². The van der Waals surface area contributed by atoms with E-state index in [1.165, 1.54) is 28.6 Å². The fraction of sp³-hybridized carbons (Fsp3) is 0.300. The van der Waals surface area contributed by atoms with Crippen LogP contribution in [0.15, 0.2) is 46.3 Å². The van der Waals surface area contributed by atoms with E-state index in [4.69, 9.17) is 17.3 Å². The van der Waals surface area contributed by atoms with Gasteiger partial charge in [-0.15, -0.1) is 0 Å². The second-order valence-electron chi connectivity index (χ2n) is 6.88. The van der Waals surface area contributed by atoms with Gasteiger partial charge in [-0.3, -0.25) is 4.79 Å². The predicted octanol–water partition coefficient (Wildman–Crippen LogP) is 3.51. The molecule has 2 aromatic carbocycles. The molecule has 1 saturated heterocycles. The summed E-state index contributed by atoms with van der Waals surface area (Å²) in [6, 6.07) is 8.15. The molecule has 1 amide bonds. The summed E-state index contributed by atoms with van der Waals surface area (Å²) in [6.45, 7) is 2.62. The quantitative estimate of drug-likeness (QED) is 0.585. The summed E-state index contributed by atoms with van der Waals surface area (Å²) in [5.74, 6) is -1.45. The SMILES string of the molecule is Cc1ccc(C(=O)N=C(N)c2ccc(F)c(Cl)c2)cc1S(=O)(=O)N1CCCCC1. The zero-order valence-electron chi connectivity index (χ0n) is 15.9. The van der Waals surface area contributed by atoms with Crippen LogP contribution < -0.4 is 5.73 Å². The van der Waals surface area contributed by atoms with Crippen molar-refractivity contribution >= 4 is 33.4 Å². The first-order chi connectivity index (χ1) is 13.7. The highest BCUT2D eigenvalue weighted by atomic mass is 35.5. The molecule has 29 heavy (non-hydrogen) atoms. The molecule has 2 aromatic rings. The Morgan fingerprint density at radius 2 is 1.76 bits per heavy atom. The number of amidine groups is 1. The van der Waals surface area contributed by atoms with E-state index in [-0.39, 0.29) is 26.9 Å². The Kier molecular flexibility index (Phi) is 6.36. The average Bonchev–Trinajstić information content (AvgIpc) is 2.70. The van der Waals surface area contributed by atoms with E-state index in [1.807, 2.05) is 0 Å². The van der Waals surface area contributed by atoms with Crippen molar-refractivity contribution in [3.63, 3.8) is 0 Å². The monoisotopic (exact) mass is 437 g/mol. The minimum Gasteiger partial charge on any atom is -0.383 e. The summed E-state index contributed by atoms with van der Waals surface area (Å²) >= 11 is 5.73. The maximum Gasteiger partial charge on any atom is 0.278 e. The molecule has 0 spiro atoms. The Labute approximate surface area is 174 Å². The number of carbonyl (C=O) groups excluding carboxylic acids is 1. The van der Waals surface area contributed by atoms with Crippen LogP contribution in [0, 0.1) is 12.7 Å². The molecule has 6 nitrogen and oxygen atoms in total. The van der Waals surface area contributed by atoms with Crippen molar-refractivity contribution < 1.29 is 17.6 Å². The molecule has 0 radical (unpaired) electrons. The van der Waals surface area contributed by atoms with Gasteiger partial charge in [-0.1, -0.05) is 24.1 Å². The number of amides is 1. The number of sulfonamides is 1. The van der Waals surface area contributed by atoms with Gasteiger partial charge in [0.15, 0.2) is 0 Å². The first-order valence-corrected chi connectivity index (χ1v) is 11.0. The standard InChI is InChI=1S/C20H21ClFN3O3S/c1-13-5-6-15(12-18(13)29(27,28)25-9-3-2-4-10-25)20(26)24-19(23)14-7-8-17(22)16(21)11-14/h5-8,11-12H,2-4,9-10H2,1H3,(H2,23,24,26). The number of aliphatic imine (C=N–C) groups is 1. The van der Waals surface area contributed by atoms with Gasteiger partial charge < -0.3 is 5.73 Å². The summed E-state index contributed by atoms with van der Waals surface area (Å²) in [5.41, 5.74) is 6.78. The zero-order chi connectivity index (χ0) is 21.2. The molecular weight excluding hydrogens is 417 g/mol. The lowest BCUT2D eigenvalue weighted by molar-refractivity contribution is 0.100. The van der Waals surface area contributed by atoms with Crippen LogP contribution in [0.4, 0.5) is 4.39 Å². The van der Waals surface area contributed by atoms with Crippen LogP contribution in [0.2, 0.25) is 5.02 Å². The summed E-state index contributed by atoms with van der Waals surface area (Å²) in [6.07, 6.45) is 2.64. The topological polar surface area (TPSA) is 92.8 Å². The minimum atomic E-state index is -3.70. The molecule has 0 aliphatic carbocycles. The van der Waals surface area contributed by atoms with Gasteiger partial charge in [0.2, 0.25) is 10.0 Å². The molecule has 1 aliphatic heterocycles. The second kappa shape index (κ2) is 8.61. The predicted molar refractivity (Wildman–Crippen MR) is 110 cm³/mol. The molecule has 1 heterocycles. The molecule has 9 heteroatoms. The number of hydrogen-bond acceptors (Lipinski definition) is 3. The van der Waals surface area contributed by atoms with Crippen LogP contribution in [0.1, 0.15) is 40.7 Å². The molecular formula is C20H21ClFN3O3S. The van der Waals surface area contributed by atoms with Gasteiger partial charge in [0.25, 0.3) is 5.91 Å². The molecule has 0 unspecified atom stereocenters. The van der Waals surface area contributed by atoms with Crippen LogP contribution in [0.5, 0.6) is 0 Å². The number of halogens is 2. The second-order valence-corrected chi connectivity index (χ2v) is 9.19. The van der Waals surface area contributed by atoms with Gasteiger partial charge in [0, 0.05) is 24.2 Å². The minimum absolute atomic E-state index is 0.0869. The van der Waals surface area contributed by atoms with Crippen molar-refractivity contribution in [2.75, 3.05) is 13.1 Å². The maximum atomic E-state index is 13.3. The van der Waals surface area contributed by atoms with E-state index in [0.29, 0.717) is 18.7 Å². The Morgan fingerprint density at radius 1 is 1.10 bits per heavy atom. The first kappa shape index (κ1) is 21.4. The molecule has 0 aromatic heterocycles. The van der Waals surface area contributed by atoms with Crippen LogP contribution in [-0.2, 0) is 10.0 Å². The van der Waals surface area contributed by atoms with Crippen molar-refractivity contribution in [3.8, 4) is 0 Å². The van der Waals surface area contributed by atoms with E-state index in [0.717, 1.165) is 25.3 Å². The maximum absolute atomic E-state index is 13.3. The van der Waals surface area contributed by atoms with Gasteiger partial charge in [0.1, 0.15) is 11.7 Å². The molecule has 154 valence electrons. The Hall–Kier alpha value is -2.29. The Bertz CT molecular complexity index is 1080. The van der Waals surface area contributed by atoms with E-state index in [2.05, 4.69) is 4.99 Å². The van der Waals surface area contributed by atoms with Gasteiger partial charge in [0.05, 0.1) is 9.92 Å². The van der Waals surface area contributed by atoms with Gasteiger partial charge >= 0.3 is 0 Å². The normalized spacial score (nSPS) is 16.0. The molecule has 1 fully saturated rings. The van der Waals surface area contributed by atoms with Crippen molar-refractivity contribution in [2.24, 2.45) is 10.7 Å². The van der Waals surface area contributed by atoms with E-state index < -0.39 is 21.7 Å². The highest BCUT2D eigenvalue weighted by molar-refractivity contribution is 7.89. The summed E-state index contributed by atoms with van der Waals surface area (Å²) in [5, 5.41) is -0.140. The number of rotatable bonds is 4. The summed E-state index contributed by atoms with van der Waals surface area (Å²) < 4.78 is 40.7. The molecule has 3 rings (SSSR count). The fourth-order valence-corrected chi connectivity index (χ4v) is 5.10. The van der Waals surface area contributed by atoms with Crippen molar-refractivity contribution in [3.05, 3.63) is 63.9 Å². The smallest absolute Gasteiger partial charge is 0.278 e. The number of hydrogen-bond donors (Lipinski definition) is 1. The first-order valence-electron chi connectivity index (χ1n) is 9.15. The summed E-state index contributed by atoms with van der Waals surface area (Å²) in [4.78, 5) is 16.5. The van der Waals surface area contributed by atoms with Crippen molar-refractivity contribution in [1.82, 2.24) is 4.31 Å². The molecule has 0 bridgehead atoms. The number of aryl methyl sites for hydroxylation is 1. The molecule has 1 aliphatic rings. The number of nitrogens with two attached hydrogens (primary N) is 1. The van der Waals surface area contributed by atoms with Crippen LogP contribution >= 0.6 is 11.6 Å². The number of carbonyl (C=O) groups is 1. The van der Waals surface area contributed by atoms with Crippen LogP contribution in [0.3, 0.4) is 0 Å². The van der Waals surface area contributed by atoms with Gasteiger partial charge in [-0.25, -0.2) is 12.8 Å². The highest BCUT2D eigenvalue weighted by Crippen LogP contribution is 2.25. The number of piperidine rings is 1. The van der Waals surface area contributed by atoms with E-state index in [9.17, 15) is 17.6 Å². The Balaban J connectivity index is 1.92. The third kappa shape index (κ3) is 4.66. The molecule has 2 N–H and O–H groups in total. The number of nitrogens with zero attached hydrogens (tertiary/aromatic N) is 2. The van der Waals surface area contributed by atoms with E-state index >= 15 is 0 Å². The third-order valence-corrected chi connectivity index (χ3v) is 7.14. The van der Waals surface area contributed by atoms with Crippen molar-refractivity contribution in [2.45, 2.75) is 31.1 Å². The van der Waals surface area contributed by atoms with Crippen molar-refractivity contribution in [1.29, 1.82) is 0 Å². The third-order valence-electron chi connectivity index (χ3n) is 4.81. The van der Waals surface area contributed by atoms with Crippen LogP contribution in [0.25, 0.3) is 0 Å². The average molecular weight is 438 g/mol.